The molecule has 0 bridgehead atoms. The predicted octanol–water partition coefficient (Wildman–Crippen LogP) is 4.19. The van der Waals surface area contributed by atoms with Gasteiger partial charge in [0.2, 0.25) is 5.91 Å². The lowest BCUT2D eigenvalue weighted by Gasteiger charge is -2.34. The van der Waals surface area contributed by atoms with Gasteiger partial charge >= 0.3 is 0 Å². The number of ether oxygens (including phenoxy) is 1. The average molecular weight is 377 g/mol. The second-order valence-electron chi connectivity index (χ2n) is 6.13. The number of rotatable bonds is 5. The zero-order valence-corrected chi connectivity index (χ0v) is 15.4. The number of anilines is 1. The number of hydrogen-bond donors (Lipinski definition) is 2. The number of amides is 1. The summed E-state index contributed by atoms with van der Waals surface area (Å²) in [4.78, 5) is 14.9. The Morgan fingerprint density at radius 2 is 1.88 bits per heavy atom. The van der Waals surface area contributed by atoms with E-state index in [9.17, 15) is 4.79 Å². The number of hydrogen-bond acceptors (Lipinski definition) is 4. The Labute approximate surface area is 157 Å². The summed E-state index contributed by atoms with van der Waals surface area (Å²) in [5, 5.41) is 3.75. The van der Waals surface area contributed by atoms with Crippen molar-refractivity contribution in [1.82, 2.24) is 0 Å². The first-order chi connectivity index (χ1) is 12.1. The van der Waals surface area contributed by atoms with Crippen molar-refractivity contribution in [2.45, 2.75) is 22.6 Å². The number of carbonyl (C=O) groups is 1. The largest absolute Gasteiger partial charge is 0.381 e. The third kappa shape index (κ3) is 4.55. The predicted molar refractivity (Wildman–Crippen MR) is 102 cm³/mol. The third-order valence-electron chi connectivity index (χ3n) is 4.46. The smallest absolute Gasteiger partial charge is 0.232 e. The maximum absolute atomic E-state index is 12.8. The highest BCUT2D eigenvalue weighted by Crippen LogP contribution is 2.33. The van der Waals surface area contributed by atoms with Gasteiger partial charge < -0.3 is 15.8 Å². The van der Waals surface area contributed by atoms with Crippen LogP contribution < -0.4 is 11.1 Å². The Morgan fingerprint density at radius 3 is 2.56 bits per heavy atom. The molecule has 0 aliphatic carbocycles. The minimum Gasteiger partial charge on any atom is -0.381 e. The van der Waals surface area contributed by atoms with Crippen molar-refractivity contribution in [2.75, 3.05) is 25.1 Å². The normalized spacial score (nSPS) is 16.4. The van der Waals surface area contributed by atoms with Crippen molar-refractivity contribution in [3.63, 3.8) is 0 Å². The molecule has 25 heavy (non-hydrogen) atoms. The molecule has 0 radical (unpaired) electrons. The molecule has 0 saturated carbocycles. The highest BCUT2D eigenvalue weighted by molar-refractivity contribution is 7.99. The van der Waals surface area contributed by atoms with Crippen molar-refractivity contribution in [3.05, 3.63) is 53.6 Å². The van der Waals surface area contributed by atoms with Gasteiger partial charge in [0.1, 0.15) is 0 Å². The Bertz CT molecular complexity index is 730. The van der Waals surface area contributed by atoms with Gasteiger partial charge in [-0.3, -0.25) is 4.79 Å². The fourth-order valence-corrected chi connectivity index (χ4v) is 3.83. The van der Waals surface area contributed by atoms with E-state index in [-0.39, 0.29) is 5.91 Å². The fraction of sp³-hybridized carbons (Fsp3) is 0.316. The Balaban J connectivity index is 1.70. The zero-order chi connectivity index (χ0) is 17.7. The maximum atomic E-state index is 12.8. The average Bonchev–Trinajstić information content (AvgIpc) is 2.64. The van der Waals surface area contributed by atoms with Crippen molar-refractivity contribution in [2.24, 2.45) is 11.1 Å². The van der Waals surface area contributed by atoms with Crippen LogP contribution in [0.4, 0.5) is 5.69 Å². The first-order valence-corrected chi connectivity index (χ1v) is 9.43. The first-order valence-electron chi connectivity index (χ1n) is 8.24. The number of halogens is 1. The van der Waals surface area contributed by atoms with Crippen molar-refractivity contribution < 1.29 is 9.53 Å². The molecule has 132 valence electrons. The number of benzene rings is 2. The molecule has 0 atom stereocenters. The van der Waals surface area contributed by atoms with E-state index in [2.05, 4.69) is 5.32 Å². The van der Waals surface area contributed by atoms with Crippen LogP contribution in [-0.4, -0.2) is 25.7 Å². The molecule has 0 unspecified atom stereocenters. The van der Waals surface area contributed by atoms with Crippen LogP contribution in [0.15, 0.2) is 58.3 Å². The highest BCUT2D eigenvalue weighted by atomic mass is 35.5. The molecular weight excluding hydrogens is 356 g/mol. The lowest BCUT2D eigenvalue weighted by Crippen LogP contribution is -2.46. The number of nitrogens with one attached hydrogen (secondary N) is 1. The maximum Gasteiger partial charge on any atom is 0.232 e. The van der Waals surface area contributed by atoms with E-state index in [0.29, 0.717) is 37.6 Å². The molecule has 2 aromatic carbocycles. The van der Waals surface area contributed by atoms with Crippen LogP contribution in [0.3, 0.4) is 0 Å². The van der Waals surface area contributed by atoms with Crippen LogP contribution in [-0.2, 0) is 9.53 Å². The third-order valence-corrected chi connectivity index (χ3v) is 5.71. The van der Waals surface area contributed by atoms with Crippen molar-refractivity contribution in [3.8, 4) is 0 Å². The summed E-state index contributed by atoms with van der Waals surface area (Å²) in [5.41, 5.74) is 6.16. The van der Waals surface area contributed by atoms with Gasteiger partial charge in [0.25, 0.3) is 0 Å². The molecule has 1 fully saturated rings. The molecule has 1 amide bonds. The second kappa shape index (κ2) is 8.23. The molecule has 1 aliphatic rings. The van der Waals surface area contributed by atoms with E-state index in [1.54, 1.807) is 11.8 Å². The summed E-state index contributed by atoms with van der Waals surface area (Å²) < 4.78 is 5.37. The van der Waals surface area contributed by atoms with E-state index < -0.39 is 5.41 Å². The lowest BCUT2D eigenvalue weighted by atomic mass is 9.79. The molecule has 2 aromatic rings. The summed E-state index contributed by atoms with van der Waals surface area (Å²) in [6, 6.07) is 15.5. The standard InChI is InChI=1S/C19H21ClN2O2S/c20-14-4-6-16(7-5-14)25-17-3-1-2-15(12-17)22-18(23)19(13-21)8-10-24-11-9-19/h1-7,12H,8-11,13,21H2,(H,22,23). The van der Waals surface area contributed by atoms with Crippen LogP contribution in [0.25, 0.3) is 0 Å². The van der Waals surface area contributed by atoms with Gasteiger partial charge in [-0.15, -0.1) is 0 Å². The van der Waals surface area contributed by atoms with E-state index in [0.717, 1.165) is 15.5 Å². The molecule has 1 heterocycles. The topological polar surface area (TPSA) is 64.4 Å². The summed E-state index contributed by atoms with van der Waals surface area (Å²) in [5.74, 6) is -0.0213. The zero-order valence-electron chi connectivity index (χ0n) is 13.8. The van der Waals surface area contributed by atoms with Gasteiger partial charge in [-0.05, 0) is 55.3 Å². The van der Waals surface area contributed by atoms with Gasteiger partial charge in [0.05, 0.1) is 5.41 Å². The van der Waals surface area contributed by atoms with Gasteiger partial charge in [-0.1, -0.05) is 29.4 Å². The minimum atomic E-state index is -0.530. The molecule has 0 spiro atoms. The van der Waals surface area contributed by atoms with E-state index in [1.165, 1.54) is 0 Å². The Morgan fingerprint density at radius 1 is 1.16 bits per heavy atom. The molecule has 0 aromatic heterocycles. The van der Waals surface area contributed by atoms with Crippen LogP contribution in [0.1, 0.15) is 12.8 Å². The SMILES string of the molecule is NCC1(C(=O)Nc2cccc(Sc3ccc(Cl)cc3)c2)CCOCC1. The number of carbonyl (C=O) groups excluding carboxylic acids is 1. The van der Waals surface area contributed by atoms with Crippen molar-refractivity contribution in [1.29, 1.82) is 0 Å². The van der Waals surface area contributed by atoms with Gasteiger partial charge in [-0.2, -0.15) is 0 Å². The van der Waals surface area contributed by atoms with Crippen LogP contribution in [0.2, 0.25) is 5.02 Å². The van der Waals surface area contributed by atoms with Gasteiger partial charge in [0.15, 0.2) is 0 Å². The molecule has 3 N–H and O–H groups in total. The molecule has 1 aliphatic heterocycles. The van der Waals surface area contributed by atoms with Crippen LogP contribution >= 0.6 is 23.4 Å². The fourth-order valence-electron chi connectivity index (χ4n) is 2.83. The van der Waals surface area contributed by atoms with E-state index in [1.807, 2.05) is 48.5 Å². The molecular formula is C19H21ClN2O2S. The monoisotopic (exact) mass is 376 g/mol. The quantitative estimate of drug-likeness (QED) is 0.821. The van der Waals surface area contributed by atoms with E-state index >= 15 is 0 Å². The van der Waals surface area contributed by atoms with Crippen LogP contribution in [0.5, 0.6) is 0 Å². The summed E-state index contributed by atoms with van der Waals surface area (Å²) in [7, 11) is 0. The van der Waals surface area contributed by atoms with Gasteiger partial charge in [0, 0.05) is 40.3 Å². The molecule has 4 nitrogen and oxygen atoms in total. The van der Waals surface area contributed by atoms with Gasteiger partial charge in [-0.25, -0.2) is 0 Å². The highest BCUT2D eigenvalue weighted by Gasteiger charge is 2.38. The Hall–Kier alpha value is -1.53. The summed E-state index contributed by atoms with van der Waals surface area (Å²) in [6.45, 7) is 1.50. The number of nitrogens with two attached hydrogens (primary N) is 1. The minimum absolute atomic E-state index is 0.0213. The second-order valence-corrected chi connectivity index (χ2v) is 7.72. The lowest BCUT2D eigenvalue weighted by molar-refractivity contribution is -0.130. The molecule has 1 saturated heterocycles. The first kappa shape index (κ1) is 18.3. The molecule has 6 heteroatoms. The summed E-state index contributed by atoms with van der Waals surface area (Å²) >= 11 is 7.55. The van der Waals surface area contributed by atoms with Crippen LogP contribution in [0, 0.1) is 5.41 Å². The Kier molecular flexibility index (Phi) is 6.02. The molecule has 3 rings (SSSR count). The summed E-state index contributed by atoms with van der Waals surface area (Å²) in [6.07, 6.45) is 1.32. The van der Waals surface area contributed by atoms with E-state index in [4.69, 9.17) is 22.1 Å². The van der Waals surface area contributed by atoms with Crippen molar-refractivity contribution >= 4 is 35.0 Å².